The second-order valence-corrected chi connectivity index (χ2v) is 7.70. The quantitative estimate of drug-likeness (QED) is 0.858. The maximum Gasteiger partial charge on any atom is 0.241 e. The minimum Gasteiger partial charge on any atom is -0.308 e. The molecule has 4 nitrogen and oxygen atoms in total. The Bertz CT molecular complexity index is 515. The van der Waals surface area contributed by atoms with E-state index in [1.165, 1.54) is 0 Å². The van der Waals surface area contributed by atoms with Crippen LogP contribution in [0.25, 0.3) is 0 Å². The molecule has 0 radical (unpaired) electrons. The Hall–Kier alpha value is -0.430. The summed E-state index contributed by atoms with van der Waals surface area (Å²) in [6, 6.07) is 6.72. The van der Waals surface area contributed by atoms with Crippen LogP contribution in [0.1, 0.15) is 13.8 Å². The summed E-state index contributed by atoms with van der Waals surface area (Å²) in [7, 11) is 0.361. The van der Waals surface area contributed by atoms with Crippen molar-refractivity contribution in [2.24, 2.45) is 5.92 Å². The molecule has 0 bridgehead atoms. The third-order valence-corrected chi connectivity index (χ3v) is 5.30. The second kappa shape index (κ2) is 6.83. The Kier molecular flexibility index (Phi) is 5.98. The van der Waals surface area contributed by atoms with Crippen molar-refractivity contribution in [3.05, 3.63) is 28.7 Å². The standard InChI is InChI=1S/C13H21BrN2O2S/c1-10(2)12(9-16(3)4)15-19(17,18)13-8-6-5-7-11(13)14/h5-8,10,12,15H,9H2,1-4H3. The van der Waals surface area contributed by atoms with Crippen molar-refractivity contribution in [3.8, 4) is 0 Å². The van der Waals surface area contributed by atoms with Crippen LogP contribution in [0, 0.1) is 5.92 Å². The van der Waals surface area contributed by atoms with Crippen molar-refractivity contribution in [1.82, 2.24) is 9.62 Å². The lowest BCUT2D eigenvalue weighted by atomic mass is 10.1. The largest absolute Gasteiger partial charge is 0.308 e. The van der Waals surface area contributed by atoms with Gasteiger partial charge in [-0.15, -0.1) is 0 Å². The maximum atomic E-state index is 12.4. The molecule has 0 aromatic heterocycles. The topological polar surface area (TPSA) is 49.4 Å². The molecule has 1 N–H and O–H groups in total. The smallest absolute Gasteiger partial charge is 0.241 e. The molecule has 1 atom stereocenters. The Labute approximate surface area is 124 Å². The molecule has 6 heteroatoms. The van der Waals surface area contributed by atoms with Crippen LogP contribution >= 0.6 is 15.9 Å². The highest BCUT2D eigenvalue weighted by Crippen LogP contribution is 2.21. The molecule has 1 aromatic carbocycles. The van der Waals surface area contributed by atoms with Gasteiger partial charge in [-0.1, -0.05) is 26.0 Å². The van der Waals surface area contributed by atoms with Crippen LogP contribution in [-0.4, -0.2) is 40.0 Å². The number of hydrogen-bond acceptors (Lipinski definition) is 3. The van der Waals surface area contributed by atoms with Crippen LogP contribution in [0.4, 0.5) is 0 Å². The molecule has 1 aromatic rings. The van der Waals surface area contributed by atoms with Gasteiger partial charge < -0.3 is 4.90 Å². The average molecular weight is 349 g/mol. The Morgan fingerprint density at radius 1 is 1.26 bits per heavy atom. The van der Waals surface area contributed by atoms with Gasteiger partial charge in [-0.05, 0) is 48.1 Å². The first-order valence-corrected chi connectivity index (χ1v) is 8.43. The normalized spacial score (nSPS) is 14.1. The first-order valence-electron chi connectivity index (χ1n) is 6.15. The fourth-order valence-electron chi connectivity index (χ4n) is 1.70. The van der Waals surface area contributed by atoms with Crippen LogP contribution < -0.4 is 4.72 Å². The van der Waals surface area contributed by atoms with Crippen LogP contribution in [0.3, 0.4) is 0 Å². The molecule has 0 heterocycles. The van der Waals surface area contributed by atoms with Gasteiger partial charge in [0, 0.05) is 17.1 Å². The number of benzene rings is 1. The van der Waals surface area contributed by atoms with E-state index in [1.54, 1.807) is 24.3 Å². The summed E-state index contributed by atoms with van der Waals surface area (Å²) in [6.07, 6.45) is 0. The summed E-state index contributed by atoms with van der Waals surface area (Å²) in [6.45, 7) is 4.69. The number of rotatable bonds is 6. The van der Waals surface area contributed by atoms with Gasteiger partial charge in [-0.3, -0.25) is 0 Å². The second-order valence-electron chi connectivity index (χ2n) is 5.16. The maximum absolute atomic E-state index is 12.4. The van der Waals surface area contributed by atoms with Gasteiger partial charge >= 0.3 is 0 Å². The summed E-state index contributed by atoms with van der Waals surface area (Å²) in [4.78, 5) is 2.26. The lowest BCUT2D eigenvalue weighted by molar-refractivity contribution is 0.314. The summed E-state index contributed by atoms with van der Waals surface area (Å²) in [5.41, 5.74) is 0. The minimum absolute atomic E-state index is 0.118. The predicted molar refractivity (Wildman–Crippen MR) is 81.6 cm³/mol. The summed E-state index contributed by atoms with van der Waals surface area (Å²) in [5, 5.41) is 0. The Balaban J connectivity index is 2.98. The van der Waals surface area contributed by atoms with Gasteiger partial charge in [-0.2, -0.15) is 0 Å². The van der Waals surface area contributed by atoms with E-state index in [9.17, 15) is 8.42 Å². The summed E-state index contributed by atoms with van der Waals surface area (Å²) in [5.74, 6) is 0.222. The van der Waals surface area contributed by atoms with Gasteiger partial charge in [0.05, 0.1) is 4.90 Å². The van der Waals surface area contributed by atoms with E-state index >= 15 is 0 Å². The monoisotopic (exact) mass is 348 g/mol. The zero-order valence-corrected chi connectivity index (χ0v) is 14.1. The molecule has 0 amide bonds. The molecule has 0 aliphatic carbocycles. The highest BCUT2D eigenvalue weighted by atomic mass is 79.9. The van der Waals surface area contributed by atoms with E-state index in [-0.39, 0.29) is 16.9 Å². The summed E-state index contributed by atoms with van der Waals surface area (Å²) >= 11 is 3.28. The van der Waals surface area contributed by atoms with Gasteiger partial charge in [0.25, 0.3) is 0 Å². The molecule has 0 fully saturated rings. The first kappa shape index (κ1) is 16.6. The van der Waals surface area contributed by atoms with Crippen LogP contribution in [-0.2, 0) is 10.0 Å². The van der Waals surface area contributed by atoms with Gasteiger partial charge in [0.15, 0.2) is 0 Å². The molecule has 1 unspecified atom stereocenters. The fraction of sp³-hybridized carbons (Fsp3) is 0.538. The van der Waals surface area contributed by atoms with Crippen molar-refractivity contribution >= 4 is 26.0 Å². The Morgan fingerprint density at radius 2 is 1.84 bits per heavy atom. The van der Waals surface area contributed by atoms with Crippen molar-refractivity contribution in [2.45, 2.75) is 24.8 Å². The van der Waals surface area contributed by atoms with Crippen LogP contribution in [0.15, 0.2) is 33.6 Å². The van der Waals surface area contributed by atoms with E-state index in [0.717, 1.165) is 0 Å². The third-order valence-electron chi connectivity index (χ3n) is 2.80. The minimum atomic E-state index is -3.50. The average Bonchev–Trinajstić information content (AvgIpc) is 2.27. The van der Waals surface area contributed by atoms with Crippen LogP contribution in [0.5, 0.6) is 0 Å². The molecule has 19 heavy (non-hydrogen) atoms. The Morgan fingerprint density at radius 3 is 2.32 bits per heavy atom. The number of nitrogens with one attached hydrogen (secondary N) is 1. The molecule has 0 saturated heterocycles. The number of sulfonamides is 1. The van der Waals surface area contributed by atoms with Crippen molar-refractivity contribution in [2.75, 3.05) is 20.6 Å². The third kappa shape index (κ3) is 4.87. The zero-order valence-electron chi connectivity index (χ0n) is 11.7. The lowest BCUT2D eigenvalue weighted by Gasteiger charge is -2.25. The molecule has 1 rings (SSSR count). The van der Waals surface area contributed by atoms with Crippen molar-refractivity contribution in [3.63, 3.8) is 0 Å². The highest BCUT2D eigenvalue weighted by Gasteiger charge is 2.24. The first-order chi connectivity index (χ1) is 8.74. The predicted octanol–water partition coefficient (Wildman–Crippen LogP) is 2.31. The molecule has 108 valence electrons. The van der Waals surface area contributed by atoms with E-state index < -0.39 is 10.0 Å². The molecule has 0 spiro atoms. The number of hydrogen-bond donors (Lipinski definition) is 1. The van der Waals surface area contributed by atoms with Crippen molar-refractivity contribution < 1.29 is 8.42 Å². The molecule has 0 saturated carbocycles. The highest BCUT2D eigenvalue weighted by molar-refractivity contribution is 9.10. The molecule has 0 aliphatic heterocycles. The van der Waals surface area contributed by atoms with Gasteiger partial charge in [-0.25, -0.2) is 13.1 Å². The summed E-state index contributed by atoms with van der Waals surface area (Å²) < 4.78 is 28.1. The van der Waals surface area contributed by atoms with E-state index in [2.05, 4.69) is 20.7 Å². The SMILES string of the molecule is CC(C)C(CN(C)C)NS(=O)(=O)c1ccccc1Br. The lowest BCUT2D eigenvalue weighted by Crippen LogP contribution is -2.44. The number of likely N-dealkylation sites (N-methyl/N-ethyl adjacent to an activating group) is 1. The zero-order chi connectivity index (χ0) is 14.6. The number of nitrogens with zero attached hydrogens (tertiary/aromatic N) is 1. The van der Waals surface area contributed by atoms with E-state index in [4.69, 9.17) is 0 Å². The van der Waals surface area contributed by atoms with Gasteiger partial charge in [0.1, 0.15) is 0 Å². The van der Waals surface area contributed by atoms with E-state index in [0.29, 0.717) is 11.0 Å². The fourth-order valence-corrected chi connectivity index (χ4v) is 4.08. The van der Waals surface area contributed by atoms with E-state index in [1.807, 2.05) is 32.8 Å². The van der Waals surface area contributed by atoms with Crippen LogP contribution in [0.2, 0.25) is 0 Å². The molecular formula is C13H21BrN2O2S. The van der Waals surface area contributed by atoms with Gasteiger partial charge in [0.2, 0.25) is 10.0 Å². The molecular weight excluding hydrogens is 328 g/mol. The van der Waals surface area contributed by atoms with Crippen molar-refractivity contribution in [1.29, 1.82) is 0 Å². The molecule has 0 aliphatic rings. The number of halogens is 1.